The van der Waals surface area contributed by atoms with Crippen LogP contribution in [0.15, 0.2) is 23.3 Å². The third kappa shape index (κ3) is 1.16. The second kappa shape index (κ2) is 2.46. The first kappa shape index (κ1) is 6.53. The van der Waals surface area contributed by atoms with Gasteiger partial charge in [0.1, 0.15) is 0 Å². The van der Waals surface area contributed by atoms with Crippen LogP contribution in [0.5, 0.6) is 0 Å². The number of nitrogens with zero attached hydrogens (tertiary/aromatic N) is 2. The fraction of sp³-hybridized carbons (Fsp3) is 0.333. The van der Waals surface area contributed by atoms with Crippen molar-refractivity contribution in [2.45, 2.75) is 18.8 Å². The molecule has 0 saturated heterocycles. The molecule has 1 heterocycles. The predicted molar refractivity (Wildman–Crippen MR) is 45.4 cm³/mol. The van der Waals surface area contributed by atoms with Crippen molar-refractivity contribution in [3.05, 3.63) is 23.9 Å². The molecule has 2 nitrogen and oxygen atoms in total. The van der Waals surface area contributed by atoms with E-state index in [0.717, 1.165) is 5.82 Å². The minimum atomic E-state index is 0.712. The lowest BCUT2D eigenvalue weighted by Crippen LogP contribution is -1.82. The monoisotopic (exact) mass is 146 g/mol. The summed E-state index contributed by atoms with van der Waals surface area (Å²) < 4.78 is 0. The van der Waals surface area contributed by atoms with Gasteiger partial charge in [-0.05, 0) is 37.1 Å². The molecule has 0 amide bonds. The van der Waals surface area contributed by atoms with Crippen LogP contribution >= 0.6 is 0 Å². The molecule has 11 heavy (non-hydrogen) atoms. The Labute approximate surface area is 66.0 Å². The number of aromatic nitrogens is 1. The number of aliphatic imine (C=N–C) groups is 1. The zero-order valence-corrected chi connectivity index (χ0v) is 6.33. The van der Waals surface area contributed by atoms with Crippen molar-refractivity contribution in [1.29, 1.82) is 0 Å². The average Bonchev–Trinajstić information content (AvgIpc) is 2.87. The van der Waals surface area contributed by atoms with Crippen LogP contribution in [0.1, 0.15) is 24.3 Å². The van der Waals surface area contributed by atoms with E-state index in [-0.39, 0.29) is 0 Å². The molecule has 56 valence electrons. The summed E-state index contributed by atoms with van der Waals surface area (Å²) in [6.07, 6.45) is 4.33. The molecule has 1 aromatic heterocycles. The van der Waals surface area contributed by atoms with E-state index >= 15 is 0 Å². The Kier molecular flexibility index (Phi) is 1.46. The van der Waals surface area contributed by atoms with Gasteiger partial charge < -0.3 is 0 Å². The predicted octanol–water partition coefficient (Wildman–Crippen LogP) is 2.29. The molecule has 0 bridgehead atoms. The molecule has 1 saturated carbocycles. The van der Waals surface area contributed by atoms with E-state index in [9.17, 15) is 0 Å². The Morgan fingerprint density at radius 1 is 1.55 bits per heavy atom. The van der Waals surface area contributed by atoms with Gasteiger partial charge in [0.2, 0.25) is 0 Å². The fourth-order valence-electron chi connectivity index (χ4n) is 1.25. The van der Waals surface area contributed by atoms with Gasteiger partial charge in [0.05, 0.1) is 0 Å². The highest BCUT2D eigenvalue weighted by Gasteiger charge is 2.25. The van der Waals surface area contributed by atoms with Crippen LogP contribution in [0, 0.1) is 0 Å². The molecule has 0 N–H and O–H groups in total. The highest BCUT2D eigenvalue weighted by Crippen LogP contribution is 2.43. The highest BCUT2D eigenvalue weighted by atomic mass is 14.9. The zero-order chi connectivity index (χ0) is 7.68. The zero-order valence-electron chi connectivity index (χ0n) is 6.33. The molecule has 0 atom stereocenters. The van der Waals surface area contributed by atoms with Crippen LogP contribution in [0.4, 0.5) is 5.82 Å². The molecule has 0 aromatic carbocycles. The van der Waals surface area contributed by atoms with Gasteiger partial charge in [-0.25, -0.2) is 9.98 Å². The van der Waals surface area contributed by atoms with E-state index in [4.69, 9.17) is 0 Å². The van der Waals surface area contributed by atoms with Gasteiger partial charge in [-0.1, -0.05) is 6.07 Å². The number of hydrogen-bond acceptors (Lipinski definition) is 2. The van der Waals surface area contributed by atoms with Crippen molar-refractivity contribution in [3.8, 4) is 0 Å². The number of rotatable bonds is 2. The summed E-state index contributed by atoms with van der Waals surface area (Å²) in [4.78, 5) is 8.00. The van der Waals surface area contributed by atoms with E-state index in [1.54, 1.807) is 6.20 Å². The second-order valence-corrected chi connectivity index (χ2v) is 2.85. The molecule has 1 aliphatic carbocycles. The first-order chi connectivity index (χ1) is 5.42. The van der Waals surface area contributed by atoms with E-state index in [0.29, 0.717) is 5.92 Å². The molecule has 1 fully saturated rings. The van der Waals surface area contributed by atoms with Crippen LogP contribution < -0.4 is 0 Å². The highest BCUT2D eigenvalue weighted by molar-refractivity contribution is 5.48. The Morgan fingerprint density at radius 3 is 3.00 bits per heavy atom. The Bertz CT molecular complexity index is 277. The first-order valence-electron chi connectivity index (χ1n) is 3.83. The molecule has 0 radical (unpaired) electrons. The lowest BCUT2D eigenvalue weighted by atomic mass is 10.2. The normalized spacial score (nSPS) is 16.4. The lowest BCUT2D eigenvalue weighted by Gasteiger charge is -1.99. The summed E-state index contributed by atoms with van der Waals surface area (Å²) in [5.41, 5.74) is 1.27. The van der Waals surface area contributed by atoms with Crippen molar-refractivity contribution in [2.24, 2.45) is 4.99 Å². The summed E-state index contributed by atoms with van der Waals surface area (Å²) in [6, 6.07) is 4.05. The molecule has 2 rings (SSSR count). The minimum absolute atomic E-state index is 0.712. The molecule has 0 aliphatic heterocycles. The van der Waals surface area contributed by atoms with Crippen LogP contribution in [-0.4, -0.2) is 11.7 Å². The SMILES string of the molecule is C=Nc1ncccc1C1CC1. The fourth-order valence-corrected chi connectivity index (χ4v) is 1.25. The molecule has 1 aliphatic rings. The topological polar surface area (TPSA) is 25.2 Å². The van der Waals surface area contributed by atoms with Crippen LogP contribution in [0.2, 0.25) is 0 Å². The maximum absolute atomic E-state index is 4.13. The maximum atomic E-state index is 4.13. The van der Waals surface area contributed by atoms with E-state index in [1.807, 2.05) is 6.07 Å². The smallest absolute Gasteiger partial charge is 0.154 e. The van der Waals surface area contributed by atoms with Crippen molar-refractivity contribution < 1.29 is 0 Å². The molecule has 2 heteroatoms. The third-order valence-electron chi connectivity index (χ3n) is 1.98. The molecular weight excluding hydrogens is 136 g/mol. The molecule has 0 unspecified atom stereocenters. The Balaban J connectivity index is 2.42. The van der Waals surface area contributed by atoms with Gasteiger partial charge in [-0.2, -0.15) is 0 Å². The first-order valence-corrected chi connectivity index (χ1v) is 3.83. The van der Waals surface area contributed by atoms with E-state index < -0.39 is 0 Å². The van der Waals surface area contributed by atoms with Crippen molar-refractivity contribution in [1.82, 2.24) is 4.98 Å². The van der Waals surface area contributed by atoms with Gasteiger partial charge in [0.15, 0.2) is 5.82 Å². The van der Waals surface area contributed by atoms with Crippen molar-refractivity contribution in [3.63, 3.8) is 0 Å². The van der Waals surface area contributed by atoms with Gasteiger partial charge >= 0.3 is 0 Å². The lowest BCUT2D eigenvalue weighted by molar-refractivity contribution is 1.09. The molecule has 0 spiro atoms. The summed E-state index contributed by atoms with van der Waals surface area (Å²) >= 11 is 0. The average molecular weight is 146 g/mol. The molecule has 1 aromatic rings. The third-order valence-corrected chi connectivity index (χ3v) is 1.98. The van der Waals surface area contributed by atoms with Crippen LogP contribution in [0.25, 0.3) is 0 Å². The van der Waals surface area contributed by atoms with Crippen LogP contribution in [0.3, 0.4) is 0 Å². The van der Waals surface area contributed by atoms with Crippen molar-refractivity contribution >= 4 is 12.5 Å². The molecular formula is C9H10N2. The van der Waals surface area contributed by atoms with E-state index in [2.05, 4.69) is 22.8 Å². The van der Waals surface area contributed by atoms with Crippen molar-refractivity contribution in [2.75, 3.05) is 0 Å². The van der Waals surface area contributed by atoms with Crippen LogP contribution in [-0.2, 0) is 0 Å². The Hall–Kier alpha value is -1.18. The number of pyridine rings is 1. The number of hydrogen-bond donors (Lipinski definition) is 0. The summed E-state index contributed by atoms with van der Waals surface area (Å²) in [7, 11) is 0. The van der Waals surface area contributed by atoms with Gasteiger partial charge in [-0.3, -0.25) is 0 Å². The maximum Gasteiger partial charge on any atom is 0.154 e. The Morgan fingerprint density at radius 2 is 2.36 bits per heavy atom. The minimum Gasteiger partial charge on any atom is -0.245 e. The second-order valence-electron chi connectivity index (χ2n) is 2.85. The quantitative estimate of drug-likeness (QED) is 0.587. The standard InChI is InChI=1S/C9H10N2/c1-10-9-8(7-4-5-7)3-2-6-11-9/h2-3,6-7H,1,4-5H2. The van der Waals surface area contributed by atoms with Gasteiger partial charge in [0.25, 0.3) is 0 Å². The summed E-state index contributed by atoms with van der Waals surface area (Å²) in [6.45, 7) is 3.49. The summed E-state index contributed by atoms with van der Waals surface area (Å²) in [5.74, 6) is 1.53. The largest absolute Gasteiger partial charge is 0.245 e. The van der Waals surface area contributed by atoms with E-state index in [1.165, 1.54) is 18.4 Å². The summed E-state index contributed by atoms with van der Waals surface area (Å²) in [5, 5.41) is 0. The van der Waals surface area contributed by atoms with Gasteiger partial charge in [0, 0.05) is 6.20 Å². The van der Waals surface area contributed by atoms with Gasteiger partial charge in [-0.15, -0.1) is 0 Å².